The molecular weight excluding hydrogens is 512 g/mol. The Morgan fingerprint density at radius 3 is 2.05 bits per heavy atom. The maximum Gasteiger partial charge on any atom is 0.111 e. The van der Waals surface area contributed by atoms with Crippen molar-refractivity contribution >= 4 is 23.3 Å². The van der Waals surface area contributed by atoms with E-state index in [1.807, 2.05) is 24.3 Å². The molecule has 8 atom stereocenters. The van der Waals surface area contributed by atoms with Gasteiger partial charge in [0.05, 0.1) is 50.1 Å². The van der Waals surface area contributed by atoms with E-state index in [4.69, 9.17) is 9.47 Å². The number of benzene rings is 2. The molecule has 2 aromatic carbocycles. The summed E-state index contributed by atoms with van der Waals surface area (Å²) in [5, 5.41) is 79.1. The van der Waals surface area contributed by atoms with Crippen molar-refractivity contribution in [2.24, 2.45) is 16.1 Å². The van der Waals surface area contributed by atoms with Gasteiger partial charge in [-0.1, -0.05) is 36.4 Å². The lowest BCUT2D eigenvalue weighted by Crippen LogP contribution is -2.59. The number of hydrogen-bond donors (Lipinski definition) is 9. The molecule has 0 aliphatic carbocycles. The second-order valence-electron chi connectivity index (χ2n) is 9.01. The van der Waals surface area contributed by atoms with E-state index >= 15 is 0 Å². The van der Waals surface area contributed by atoms with Gasteiger partial charge < -0.3 is 45.2 Å². The molecule has 0 aromatic heterocycles. The predicted octanol–water partition coefficient (Wildman–Crippen LogP) is -1.26. The first-order valence-electron chi connectivity index (χ1n) is 12.4. The summed E-state index contributed by atoms with van der Waals surface area (Å²) in [5.41, 5.74) is 6.96. The van der Waals surface area contributed by atoms with Gasteiger partial charge in [-0.2, -0.15) is 10.2 Å². The fourth-order valence-electron chi connectivity index (χ4n) is 3.90. The number of nitrogens with one attached hydrogen (secondary N) is 2. The number of rotatable bonds is 14. The largest absolute Gasteiger partial charge is 0.394 e. The van der Waals surface area contributed by atoms with E-state index in [0.29, 0.717) is 11.4 Å². The zero-order chi connectivity index (χ0) is 28.2. The van der Waals surface area contributed by atoms with Crippen LogP contribution in [-0.4, -0.2) is 117 Å². The van der Waals surface area contributed by atoms with Crippen LogP contribution in [0.25, 0.3) is 0 Å². The Labute approximate surface area is 225 Å². The first kappa shape index (κ1) is 30.6. The molecule has 0 unspecified atom stereocenters. The van der Waals surface area contributed by atoms with Crippen LogP contribution in [0.2, 0.25) is 0 Å². The van der Waals surface area contributed by atoms with Crippen molar-refractivity contribution in [3.05, 3.63) is 60.7 Å². The van der Waals surface area contributed by atoms with Crippen LogP contribution in [0.1, 0.15) is 0 Å². The summed E-state index contributed by atoms with van der Waals surface area (Å²) in [4.78, 5) is 0. The minimum absolute atomic E-state index is 0.0104. The number of hydrogen-bond acceptors (Lipinski definition) is 13. The van der Waals surface area contributed by atoms with Crippen molar-refractivity contribution in [2.45, 2.75) is 42.7 Å². The number of aliphatic hydroxyl groups is 7. The highest BCUT2D eigenvalue weighted by Gasteiger charge is 2.43. The third kappa shape index (κ3) is 8.76. The van der Waals surface area contributed by atoms with E-state index in [0.717, 1.165) is 0 Å². The maximum atomic E-state index is 11.2. The van der Waals surface area contributed by atoms with Crippen LogP contribution in [-0.2, 0) is 9.47 Å². The average Bonchev–Trinajstić information content (AvgIpc) is 2.97. The molecule has 1 heterocycles. The minimum Gasteiger partial charge on any atom is -0.394 e. The molecule has 3 rings (SSSR count). The van der Waals surface area contributed by atoms with Crippen LogP contribution in [0.3, 0.4) is 0 Å². The molecular formula is C26H36N4O9. The first-order chi connectivity index (χ1) is 18.8. The van der Waals surface area contributed by atoms with E-state index in [1.165, 1.54) is 6.21 Å². The smallest absolute Gasteiger partial charge is 0.111 e. The number of ether oxygens (including phenoxy) is 2. The summed E-state index contributed by atoms with van der Waals surface area (Å²) >= 11 is 0. The minimum atomic E-state index is -1.56. The van der Waals surface area contributed by atoms with Crippen molar-refractivity contribution in [3.63, 3.8) is 0 Å². The van der Waals surface area contributed by atoms with Crippen molar-refractivity contribution in [3.8, 4) is 0 Å². The lowest BCUT2D eigenvalue weighted by atomic mass is 9.93. The molecule has 1 saturated heterocycles. The monoisotopic (exact) mass is 548 g/mol. The summed E-state index contributed by atoms with van der Waals surface area (Å²) in [6.07, 6.45) is -8.41. The Morgan fingerprint density at radius 1 is 0.872 bits per heavy atom. The van der Waals surface area contributed by atoms with Crippen molar-refractivity contribution in [2.75, 3.05) is 37.3 Å². The molecule has 0 spiro atoms. The Bertz CT molecular complexity index is 1030. The number of para-hydroxylation sites is 2. The molecule has 0 saturated carbocycles. The highest BCUT2D eigenvalue weighted by atomic mass is 16.6. The molecule has 214 valence electrons. The van der Waals surface area contributed by atoms with Gasteiger partial charge >= 0.3 is 0 Å². The summed E-state index contributed by atoms with van der Waals surface area (Å²) in [7, 11) is 0. The second kappa shape index (κ2) is 15.6. The molecule has 39 heavy (non-hydrogen) atoms. The highest BCUT2D eigenvalue weighted by Crippen LogP contribution is 2.22. The van der Waals surface area contributed by atoms with E-state index in [9.17, 15) is 35.7 Å². The van der Waals surface area contributed by atoms with Crippen molar-refractivity contribution in [1.29, 1.82) is 0 Å². The third-order valence-electron chi connectivity index (χ3n) is 6.23. The third-order valence-corrected chi connectivity index (χ3v) is 6.23. The Kier molecular flexibility index (Phi) is 12.2. The number of anilines is 2. The molecule has 13 heteroatoms. The number of nitrogens with zero attached hydrogens (tertiary/aromatic N) is 2. The molecule has 0 bridgehead atoms. The second-order valence-corrected chi connectivity index (χ2v) is 9.01. The van der Waals surface area contributed by atoms with Gasteiger partial charge in [0, 0.05) is 5.92 Å². The van der Waals surface area contributed by atoms with Gasteiger partial charge in [0.2, 0.25) is 0 Å². The van der Waals surface area contributed by atoms with Crippen molar-refractivity contribution in [1.82, 2.24) is 0 Å². The summed E-state index contributed by atoms with van der Waals surface area (Å²) in [6, 6.07) is 18.0. The quantitative estimate of drug-likeness (QED) is 0.101. The van der Waals surface area contributed by atoms with Crippen LogP contribution < -0.4 is 10.9 Å². The average molecular weight is 549 g/mol. The van der Waals surface area contributed by atoms with Gasteiger partial charge in [0.15, 0.2) is 0 Å². The van der Waals surface area contributed by atoms with Crippen LogP contribution in [0.5, 0.6) is 0 Å². The molecule has 1 aliphatic rings. The van der Waals surface area contributed by atoms with E-state index in [-0.39, 0.29) is 18.9 Å². The Morgan fingerprint density at radius 2 is 1.46 bits per heavy atom. The molecule has 9 N–H and O–H groups in total. The van der Waals surface area contributed by atoms with Crippen LogP contribution >= 0.6 is 0 Å². The van der Waals surface area contributed by atoms with Crippen LogP contribution in [0.15, 0.2) is 70.9 Å². The van der Waals surface area contributed by atoms with E-state index in [1.54, 1.807) is 36.4 Å². The molecule has 1 aliphatic heterocycles. The predicted molar refractivity (Wildman–Crippen MR) is 143 cm³/mol. The number of aliphatic hydroxyl groups excluding tert-OH is 7. The lowest BCUT2D eigenvalue weighted by Gasteiger charge is -2.40. The topological polar surface area (TPSA) is 209 Å². The van der Waals surface area contributed by atoms with Gasteiger partial charge in [0.25, 0.3) is 0 Å². The normalized spacial score (nSPS) is 26.2. The van der Waals surface area contributed by atoms with Gasteiger partial charge in [-0.25, -0.2) is 0 Å². The maximum absolute atomic E-state index is 11.2. The van der Waals surface area contributed by atoms with E-state index < -0.39 is 61.9 Å². The summed E-state index contributed by atoms with van der Waals surface area (Å²) in [6.45, 7) is -1.90. The zero-order valence-corrected chi connectivity index (χ0v) is 21.1. The highest BCUT2D eigenvalue weighted by molar-refractivity contribution is 6.32. The van der Waals surface area contributed by atoms with Gasteiger partial charge in [-0.15, -0.1) is 0 Å². The van der Waals surface area contributed by atoms with Gasteiger partial charge in [0.1, 0.15) is 42.3 Å². The summed E-state index contributed by atoms with van der Waals surface area (Å²) in [5.74, 6) is -1.10. The van der Waals surface area contributed by atoms with E-state index in [2.05, 4.69) is 21.1 Å². The van der Waals surface area contributed by atoms with Gasteiger partial charge in [-0.05, 0) is 24.3 Å². The summed E-state index contributed by atoms with van der Waals surface area (Å²) < 4.78 is 11.0. The first-order valence-corrected chi connectivity index (χ1v) is 12.4. The molecule has 2 aromatic rings. The molecule has 0 amide bonds. The molecule has 13 nitrogen and oxygen atoms in total. The van der Waals surface area contributed by atoms with Gasteiger partial charge in [-0.3, -0.25) is 10.9 Å². The SMILES string of the molecule is OC[C@H](O)[C@H](COC[C@@H]1O[C@H](CO)[C@H](O)[C@H](O)[C@@H]1O)[C@H](O)C(C=NNc1ccccc1)=NNc1ccccc1. The zero-order valence-electron chi connectivity index (χ0n) is 21.1. The fourth-order valence-corrected chi connectivity index (χ4v) is 3.90. The van der Waals surface area contributed by atoms with Crippen molar-refractivity contribution < 1.29 is 45.2 Å². The lowest BCUT2D eigenvalue weighted by molar-refractivity contribution is -0.240. The van der Waals surface area contributed by atoms with Crippen LogP contribution in [0, 0.1) is 5.92 Å². The standard InChI is InChI=1S/C26H36N4O9/c31-12-20(33)18(14-38-15-22-25(36)26(37)24(35)21(13-32)39-22)23(34)19(30-29-17-9-5-2-6-10-17)11-27-28-16-7-3-1-4-8-16/h1-11,18,20-26,28-29,31-37H,12-15H2/t18-,20-,21+,22-,23-,24-,25+,26-/m0/s1. The Hall–Kier alpha value is -2.98. The molecule has 0 radical (unpaired) electrons. The van der Waals surface area contributed by atoms with Crippen LogP contribution in [0.4, 0.5) is 11.4 Å². The number of hydrazone groups is 2. The fraction of sp³-hybridized carbons (Fsp3) is 0.462. The molecule has 1 fully saturated rings. The Balaban J connectivity index is 1.72.